The highest BCUT2D eigenvalue weighted by Gasteiger charge is 2.23. The summed E-state index contributed by atoms with van der Waals surface area (Å²) in [5.74, 6) is 1.78. The molecule has 1 aromatic rings. The summed E-state index contributed by atoms with van der Waals surface area (Å²) in [6.45, 7) is 0. The van der Waals surface area contributed by atoms with Crippen LogP contribution in [0.5, 0.6) is 11.5 Å². The number of carbonyl (C=O) groups is 1. The number of aromatic carboxylic acids is 1. The van der Waals surface area contributed by atoms with Gasteiger partial charge >= 0.3 is 5.97 Å². The Balaban J connectivity index is 2.30. The Morgan fingerprint density at radius 2 is 2.35 bits per heavy atom. The van der Waals surface area contributed by atoms with Crippen LogP contribution in [-0.4, -0.2) is 35.8 Å². The van der Waals surface area contributed by atoms with Crippen molar-refractivity contribution in [2.45, 2.75) is 12.5 Å². The molecule has 0 spiro atoms. The molecular formula is C12H14O4S. The van der Waals surface area contributed by atoms with E-state index in [1.54, 1.807) is 12.1 Å². The second-order valence-electron chi connectivity index (χ2n) is 3.75. The van der Waals surface area contributed by atoms with E-state index in [2.05, 4.69) is 0 Å². The van der Waals surface area contributed by atoms with Crippen LogP contribution in [0.3, 0.4) is 0 Å². The summed E-state index contributed by atoms with van der Waals surface area (Å²) in [6.07, 6.45) is 1.02. The predicted molar refractivity (Wildman–Crippen MR) is 66.3 cm³/mol. The monoisotopic (exact) mass is 254 g/mol. The molecule has 0 bridgehead atoms. The normalized spacial score (nSPS) is 19.0. The highest BCUT2D eigenvalue weighted by atomic mass is 32.2. The zero-order valence-electron chi connectivity index (χ0n) is 9.51. The lowest BCUT2D eigenvalue weighted by Crippen LogP contribution is -2.17. The van der Waals surface area contributed by atoms with E-state index in [9.17, 15) is 4.79 Å². The summed E-state index contributed by atoms with van der Waals surface area (Å²) in [4.78, 5) is 11.1. The molecule has 1 aromatic carbocycles. The first-order valence-electron chi connectivity index (χ1n) is 5.37. The molecule has 0 aromatic heterocycles. The van der Waals surface area contributed by atoms with Crippen molar-refractivity contribution < 1.29 is 19.4 Å². The largest absolute Gasteiger partial charge is 0.493 e. The smallest absolute Gasteiger partial charge is 0.339 e. The number of hydrogen-bond acceptors (Lipinski definition) is 4. The molecule has 1 atom stereocenters. The second-order valence-corrected chi connectivity index (χ2v) is 4.90. The molecule has 0 aliphatic carbocycles. The van der Waals surface area contributed by atoms with Crippen molar-refractivity contribution in [3.63, 3.8) is 0 Å². The van der Waals surface area contributed by atoms with E-state index in [4.69, 9.17) is 14.6 Å². The first-order valence-corrected chi connectivity index (χ1v) is 6.52. The molecule has 4 nitrogen and oxygen atoms in total. The zero-order valence-corrected chi connectivity index (χ0v) is 10.3. The first-order chi connectivity index (χ1) is 8.22. The molecule has 1 aliphatic rings. The van der Waals surface area contributed by atoms with E-state index in [1.165, 1.54) is 13.2 Å². The Morgan fingerprint density at radius 3 is 2.94 bits per heavy atom. The van der Waals surface area contributed by atoms with E-state index >= 15 is 0 Å². The van der Waals surface area contributed by atoms with Crippen LogP contribution in [0.15, 0.2) is 18.2 Å². The fraction of sp³-hybridized carbons (Fsp3) is 0.417. The maximum absolute atomic E-state index is 11.1. The Kier molecular flexibility index (Phi) is 3.78. The van der Waals surface area contributed by atoms with Crippen LogP contribution >= 0.6 is 11.8 Å². The Labute approximate surface area is 104 Å². The van der Waals surface area contributed by atoms with Gasteiger partial charge in [-0.3, -0.25) is 0 Å². The van der Waals surface area contributed by atoms with Gasteiger partial charge in [-0.1, -0.05) is 6.07 Å². The molecule has 1 unspecified atom stereocenters. The Bertz CT molecular complexity index is 413. The lowest BCUT2D eigenvalue weighted by Gasteiger charge is -2.17. The number of ether oxygens (including phenoxy) is 2. The Morgan fingerprint density at radius 1 is 1.53 bits per heavy atom. The molecule has 1 N–H and O–H groups in total. The molecule has 5 heteroatoms. The maximum atomic E-state index is 11.1. The van der Waals surface area contributed by atoms with Crippen molar-refractivity contribution in [3.8, 4) is 11.5 Å². The molecule has 0 radical (unpaired) electrons. The van der Waals surface area contributed by atoms with Crippen LogP contribution in [-0.2, 0) is 0 Å². The summed E-state index contributed by atoms with van der Waals surface area (Å²) in [6, 6.07) is 4.89. The van der Waals surface area contributed by atoms with Crippen LogP contribution in [0.4, 0.5) is 0 Å². The number of benzene rings is 1. The van der Waals surface area contributed by atoms with E-state index in [0.717, 1.165) is 17.9 Å². The summed E-state index contributed by atoms with van der Waals surface area (Å²) in [5.41, 5.74) is 0.154. The minimum atomic E-state index is -0.996. The van der Waals surface area contributed by atoms with Crippen molar-refractivity contribution in [3.05, 3.63) is 23.8 Å². The third-order valence-electron chi connectivity index (χ3n) is 2.60. The first kappa shape index (κ1) is 12.1. The minimum absolute atomic E-state index is 0.0781. The lowest BCUT2D eigenvalue weighted by molar-refractivity contribution is 0.0689. The van der Waals surface area contributed by atoms with Crippen molar-refractivity contribution in [2.75, 3.05) is 18.6 Å². The van der Waals surface area contributed by atoms with Gasteiger partial charge in [-0.05, 0) is 24.3 Å². The van der Waals surface area contributed by atoms with Gasteiger partial charge in [0.25, 0.3) is 0 Å². The van der Waals surface area contributed by atoms with Crippen LogP contribution in [0.25, 0.3) is 0 Å². The summed E-state index contributed by atoms with van der Waals surface area (Å²) in [7, 11) is 1.51. The number of para-hydroxylation sites is 1. The van der Waals surface area contributed by atoms with Gasteiger partial charge in [-0.2, -0.15) is 11.8 Å². The number of thioether (sulfide) groups is 1. The van der Waals surface area contributed by atoms with Gasteiger partial charge < -0.3 is 14.6 Å². The summed E-state index contributed by atoms with van der Waals surface area (Å²) < 4.78 is 10.9. The predicted octanol–water partition coefficient (Wildman–Crippen LogP) is 2.28. The van der Waals surface area contributed by atoms with Crippen molar-refractivity contribution in [2.24, 2.45) is 0 Å². The molecule has 1 saturated heterocycles. The molecule has 0 amide bonds. The van der Waals surface area contributed by atoms with Gasteiger partial charge in [0, 0.05) is 5.75 Å². The number of carboxylic acid groups (broad SMARTS) is 1. The van der Waals surface area contributed by atoms with Crippen LogP contribution in [0, 0.1) is 0 Å². The van der Waals surface area contributed by atoms with Gasteiger partial charge in [0.2, 0.25) is 0 Å². The quantitative estimate of drug-likeness (QED) is 0.893. The molecule has 17 heavy (non-hydrogen) atoms. The molecule has 92 valence electrons. The average Bonchev–Trinajstić information content (AvgIpc) is 2.82. The molecular weight excluding hydrogens is 240 g/mol. The zero-order chi connectivity index (χ0) is 12.3. The standard InChI is InChI=1S/C12H14O4S/c1-15-10-4-2-3-9(12(13)14)11(10)16-8-5-6-17-7-8/h2-4,8H,5-7H2,1H3,(H,13,14). The third kappa shape index (κ3) is 2.66. The Hall–Kier alpha value is -1.36. The van der Waals surface area contributed by atoms with Gasteiger partial charge in [0.15, 0.2) is 11.5 Å². The summed E-state index contributed by atoms with van der Waals surface area (Å²) >= 11 is 1.82. The average molecular weight is 254 g/mol. The third-order valence-corrected chi connectivity index (χ3v) is 3.73. The van der Waals surface area contributed by atoms with Crippen LogP contribution < -0.4 is 9.47 Å². The number of methoxy groups -OCH3 is 1. The fourth-order valence-corrected chi connectivity index (χ4v) is 2.83. The molecule has 1 aliphatic heterocycles. The SMILES string of the molecule is COc1cccc(C(=O)O)c1OC1CCSC1. The second kappa shape index (κ2) is 5.31. The fourth-order valence-electron chi connectivity index (χ4n) is 1.74. The topological polar surface area (TPSA) is 55.8 Å². The summed E-state index contributed by atoms with van der Waals surface area (Å²) in [5, 5.41) is 9.12. The van der Waals surface area contributed by atoms with E-state index in [1.807, 2.05) is 11.8 Å². The van der Waals surface area contributed by atoms with Crippen molar-refractivity contribution in [1.82, 2.24) is 0 Å². The molecule has 0 saturated carbocycles. The highest BCUT2D eigenvalue weighted by Crippen LogP contribution is 2.34. The van der Waals surface area contributed by atoms with E-state index < -0.39 is 5.97 Å². The number of rotatable bonds is 4. The van der Waals surface area contributed by atoms with E-state index in [-0.39, 0.29) is 11.7 Å². The van der Waals surface area contributed by atoms with Gasteiger partial charge in [-0.15, -0.1) is 0 Å². The molecule has 2 rings (SSSR count). The van der Waals surface area contributed by atoms with Crippen LogP contribution in [0.2, 0.25) is 0 Å². The van der Waals surface area contributed by atoms with Crippen molar-refractivity contribution in [1.29, 1.82) is 0 Å². The highest BCUT2D eigenvalue weighted by molar-refractivity contribution is 7.99. The molecule has 1 heterocycles. The van der Waals surface area contributed by atoms with Gasteiger partial charge in [0.05, 0.1) is 7.11 Å². The van der Waals surface area contributed by atoms with Crippen molar-refractivity contribution >= 4 is 17.7 Å². The van der Waals surface area contributed by atoms with Crippen LogP contribution in [0.1, 0.15) is 16.8 Å². The number of hydrogen-bond donors (Lipinski definition) is 1. The van der Waals surface area contributed by atoms with Gasteiger partial charge in [-0.25, -0.2) is 4.79 Å². The number of carboxylic acids is 1. The van der Waals surface area contributed by atoms with Gasteiger partial charge in [0.1, 0.15) is 11.7 Å². The van der Waals surface area contributed by atoms with E-state index in [0.29, 0.717) is 11.5 Å². The lowest BCUT2D eigenvalue weighted by atomic mass is 10.2. The maximum Gasteiger partial charge on any atom is 0.339 e. The minimum Gasteiger partial charge on any atom is -0.493 e. The molecule has 1 fully saturated rings.